The predicted octanol–water partition coefficient (Wildman–Crippen LogP) is 3.25. The van der Waals surface area contributed by atoms with Crippen molar-refractivity contribution in [1.82, 2.24) is 5.32 Å². The van der Waals surface area contributed by atoms with Crippen molar-refractivity contribution < 1.29 is 19.1 Å². The van der Waals surface area contributed by atoms with E-state index in [2.05, 4.69) is 21.2 Å². The van der Waals surface area contributed by atoms with Gasteiger partial charge in [0.25, 0.3) is 0 Å². The van der Waals surface area contributed by atoms with Crippen LogP contribution in [0.3, 0.4) is 0 Å². The first kappa shape index (κ1) is 19.2. The molecule has 0 aliphatic rings. The Hall–Kier alpha value is -0.780. The minimum absolute atomic E-state index is 0.263. The Kier molecular flexibility index (Phi) is 8.85. The standard InChI is InChI=1S/C14H26BrNO4/c1-10(2)9-11(12(17)19-8-6-7-15)16-13(18)20-14(3,4)5/h10-11H,6-9H2,1-5H3,(H,16,18). The molecule has 0 rings (SSSR count). The molecule has 0 aromatic carbocycles. The van der Waals surface area contributed by atoms with Crippen molar-refractivity contribution in [3.8, 4) is 0 Å². The first-order chi connectivity index (χ1) is 9.15. The normalized spacial score (nSPS) is 12.9. The second kappa shape index (κ2) is 9.21. The molecule has 1 unspecified atom stereocenters. The maximum Gasteiger partial charge on any atom is 0.408 e. The van der Waals surface area contributed by atoms with Crippen molar-refractivity contribution in [2.24, 2.45) is 5.92 Å². The quantitative estimate of drug-likeness (QED) is 0.434. The third-order valence-electron chi connectivity index (χ3n) is 2.20. The summed E-state index contributed by atoms with van der Waals surface area (Å²) in [6.07, 6.45) is 0.666. The lowest BCUT2D eigenvalue weighted by atomic mass is 10.0. The molecule has 1 N–H and O–H groups in total. The average Bonchev–Trinajstić information content (AvgIpc) is 2.25. The topological polar surface area (TPSA) is 64.6 Å². The molecule has 1 atom stereocenters. The van der Waals surface area contributed by atoms with E-state index >= 15 is 0 Å². The summed E-state index contributed by atoms with van der Waals surface area (Å²) in [5, 5.41) is 3.36. The largest absolute Gasteiger partial charge is 0.464 e. The van der Waals surface area contributed by atoms with E-state index in [1.807, 2.05) is 13.8 Å². The third kappa shape index (κ3) is 10.1. The number of hydrogen-bond acceptors (Lipinski definition) is 4. The van der Waals surface area contributed by atoms with Crippen LogP contribution in [0.1, 0.15) is 47.5 Å². The van der Waals surface area contributed by atoms with E-state index < -0.39 is 23.7 Å². The number of hydrogen-bond donors (Lipinski definition) is 1. The van der Waals surface area contributed by atoms with Crippen molar-refractivity contribution in [2.45, 2.75) is 59.1 Å². The summed E-state index contributed by atoms with van der Waals surface area (Å²) in [6.45, 7) is 9.63. The molecule has 0 radical (unpaired) electrons. The second-order valence-electron chi connectivity index (χ2n) is 6.04. The highest BCUT2D eigenvalue weighted by atomic mass is 79.9. The molecular weight excluding hydrogens is 326 g/mol. The summed E-state index contributed by atoms with van der Waals surface area (Å²) in [7, 11) is 0. The summed E-state index contributed by atoms with van der Waals surface area (Å²) in [4.78, 5) is 23.7. The Bertz CT molecular complexity index is 313. The number of rotatable bonds is 7. The number of alkyl halides is 1. The van der Waals surface area contributed by atoms with Gasteiger partial charge < -0.3 is 14.8 Å². The zero-order chi connectivity index (χ0) is 15.8. The zero-order valence-electron chi connectivity index (χ0n) is 13.0. The van der Waals surface area contributed by atoms with Crippen LogP contribution in [0, 0.1) is 5.92 Å². The van der Waals surface area contributed by atoms with E-state index in [0.717, 1.165) is 11.8 Å². The van der Waals surface area contributed by atoms with Crippen LogP contribution in [0.4, 0.5) is 4.79 Å². The van der Waals surface area contributed by atoms with Gasteiger partial charge in [-0.1, -0.05) is 29.8 Å². The zero-order valence-corrected chi connectivity index (χ0v) is 14.6. The van der Waals surface area contributed by atoms with Crippen LogP contribution in [-0.2, 0) is 14.3 Å². The fourth-order valence-corrected chi connectivity index (χ4v) is 1.69. The molecule has 5 nitrogen and oxygen atoms in total. The summed E-state index contributed by atoms with van der Waals surface area (Å²) in [5.41, 5.74) is -0.591. The van der Waals surface area contributed by atoms with E-state index in [0.29, 0.717) is 13.0 Å². The van der Waals surface area contributed by atoms with Gasteiger partial charge in [-0.15, -0.1) is 0 Å². The molecule has 6 heteroatoms. The number of amides is 1. The monoisotopic (exact) mass is 351 g/mol. The van der Waals surface area contributed by atoms with Crippen molar-refractivity contribution in [3.63, 3.8) is 0 Å². The first-order valence-electron chi connectivity index (χ1n) is 6.88. The fraction of sp³-hybridized carbons (Fsp3) is 0.857. The Morgan fingerprint density at radius 3 is 2.30 bits per heavy atom. The molecular formula is C14H26BrNO4. The van der Waals surface area contributed by atoms with E-state index in [9.17, 15) is 9.59 Å². The first-order valence-corrected chi connectivity index (χ1v) is 8.00. The SMILES string of the molecule is CC(C)CC(NC(=O)OC(C)(C)C)C(=O)OCCCBr. The highest BCUT2D eigenvalue weighted by molar-refractivity contribution is 9.09. The number of esters is 1. The summed E-state index contributed by atoms with van der Waals surface area (Å²) < 4.78 is 10.3. The number of ether oxygens (including phenoxy) is 2. The van der Waals surface area contributed by atoms with Crippen molar-refractivity contribution in [2.75, 3.05) is 11.9 Å². The third-order valence-corrected chi connectivity index (χ3v) is 2.77. The number of halogens is 1. The van der Waals surface area contributed by atoms with Crippen LogP contribution in [0.25, 0.3) is 0 Å². The van der Waals surface area contributed by atoms with E-state index in [-0.39, 0.29) is 5.92 Å². The van der Waals surface area contributed by atoms with Crippen molar-refractivity contribution in [1.29, 1.82) is 0 Å². The molecule has 118 valence electrons. The van der Waals surface area contributed by atoms with E-state index in [4.69, 9.17) is 9.47 Å². The minimum atomic E-state index is -0.667. The van der Waals surface area contributed by atoms with Gasteiger partial charge in [0.05, 0.1) is 6.61 Å². The van der Waals surface area contributed by atoms with Gasteiger partial charge >= 0.3 is 12.1 Å². The molecule has 0 saturated heterocycles. The molecule has 0 aromatic rings. The second-order valence-corrected chi connectivity index (χ2v) is 6.83. The number of nitrogens with one attached hydrogen (secondary N) is 1. The van der Waals surface area contributed by atoms with Gasteiger partial charge in [0.15, 0.2) is 0 Å². The van der Waals surface area contributed by atoms with Crippen LogP contribution < -0.4 is 5.32 Å². The lowest BCUT2D eigenvalue weighted by Gasteiger charge is -2.23. The van der Waals surface area contributed by atoms with Crippen LogP contribution in [0.5, 0.6) is 0 Å². The Labute approximate surface area is 129 Å². The lowest BCUT2D eigenvalue weighted by Crippen LogP contribution is -2.45. The lowest BCUT2D eigenvalue weighted by molar-refractivity contribution is -0.146. The molecule has 0 aliphatic carbocycles. The average molecular weight is 352 g/mol. The predicted molar refractivity (Wildman–Crippen MR) is 82.0 cm³/mol. The molecule has 0 fully saturated rings. The van der Waals surface area contributed by atoms with Gasteiger partial charge in [-0.2, -0.15) is 0 Å². The highest BCUT2D eigenvalue weighted by Gasteiger charge is 2.26. The maximum absolute atomic E-state index is 11.9. The molecule has 1 amide bonds. The van der Waals surface area contributed by atoms with Gasteiger partial charge in [0, 0.05) is 5.33 Å². The van der Waals surface area contributed by atoms with Crippen molar-refractivity contribution in [3.05, 3.63) is 0 Å². The van der Waals surface area contributed by atoms with Gasteiger partial charge in [-0.3, -0.25) is 0 Å². The Morgan fingerprint density at radius 2 is 1.85 bits per heavy atom. The molecule has 0 bridgehead atoms. The van der Waals surface area contributed by atoms with Gasteiger partial charge in [-0.05, 0) is 39.5 Å². The summed E-state index contributed by atoms with van der Waals surface area (Å²) in [6, 6.07) is -0.667. The molecule has 0 heterocycles. The molecule has 0 spiro atoms. The maximum atomic E-state index is 11.9. The van der Waals surface area contributed by atoms with Gasteiger partial charge in [0.1, 0.15) is 11.6 Å². The van der Waals surface area contributed by atoms with Gasteiger partial charge in [-0.25, -0.2) is 9.59 Å². The number of carbonyl (C=O) groups is 2. The van der Waals surface area contributed by atoms with E-state index in [1.165, 1.54) is 0 Å². The Morgan fingerprint density at radius 1 is 1.25 bits per heavy atom. The minimum Gasteiger partial charge on any atom is -0.464 e. The van der Waals surface area contributed by atoms with Crippen LogP contribution in [0.15, 0.2) is 0 Å². The number of alkyl carbamates (subject to hydrolysis) is 1. The number of carbonyl (C=O) groups excluding carboxylic acids is 2. The van der Waals surface area contributed by atoms with Gasteiger partial charge in [0.2, 0.25) is 0 Å². The Balaban J connectivity index is 4.47. The summed E-state index contributed by atoms with van der Waals surface area (Å²) >= 11 is 3.27. The molecule has 0 aromatic heterocycles. The highest BCUT2D eigenvalue weighted by Crippen LogP contribution is 2.10. The fourth-order valence-electron chi connectivity index (χ4n) is 1.46. The van der Waals surface area contributed by atoms with Crippen LogP contribution >= 0.6 is 15.9 Å². The molecule has 0 aliphatic heterocycles. The smallest absolute Gasteiger partial charge is 0.408 e. The molecule has 20 heavy (non-hydrogen) atoms. The van der Waals surface area contributed by atoms with E-state index in [1.54, 1.807) is 20.8 Å². The summed E-state index contributed by atoms with van der Waals surface area (Å²) in [5.74, 6) is -0.149. The van der Waals surface area contributed by atoms with Crippen LogP contribution in [0.2, 0.25) is 0 Å². The molecule has 0 saturated carbocycles. The van der Waals surface area contributed by atoms with Crippen molar-refractivity contribution >= 4 is 28.0 Å². The van der Waals surface area contributed by atoms with Crippen LogP contribution in [-0.4, -0.2) is 35.6 Å².